The summed E-state index contributed by atoms with van der Waals surface area (Å²) in [5, 5.41) is 13.3. The van der Waals surface area contributed by atoms with Gasteiger partial charge in [0.05, 0.1) is 27.5 Å². The Morgan fingerprint density at radius 1 is 1.00 bits per heavy atom. The van der Waals surface area contributed by atoms with Crippen molar-refractivity contribution in [1.82, 2.24) is 4.83 Å². The maximum absolute atomic E-state index is 12.4. The van der Waals surface area contributed by atoms with Gasteiger partial charge in [-0.2, -0.15) is 18.4 Å². The number of methoxy groups -OCH3 is 3. The summed E-state index contributed by atoms with van der Waals surface area (Å²) in [4.78, 5) is 2.00. The third-order valence-electron chi connectivity index (χ3n) is 3.25. The van der Waals surface area contributed by atoms with Crippen LogP contribution < -0.4 is 19.0 Å². The van der Waals surface area contributed by atoms with Crippen LogP contribution in [0.4, 0.5) is 0 Å². The molecule has 134 valence electrons. The predicted molar refractivity (Wildman–Crippen MR) is 92.1 cm³/mol. The number of nitrogens with one attached hydrogen (secondary N) is 1. The second-order valence-electron chi connectivity index (χ2n) is 4.80. The van der Waals surface area contributed by atoms with Gasteiger partial charge in [0, 0.05) is 6.07 Å². The number of hydrogen-bond acceptors (Lipinski definition) is 7. The average Bonchev–Trinajstić information content (AvgIpc) is 2.62. The van der Waals surface area contributed by atoms with E-state index in [9.17, 15) is 13.5 Å². The lowest BCUT2D eigenvalue weighted by atomic mass is 10.2. The second kappa shape index (κ2) is 7.75. The molecule has 0 aromatic heterocycles. The molecule has 2 aromatic rings. The molecule has 0 heterocycles. The number of hydrogen-bond donors (Lipinski definition) is 2. The molecule has 0 aliphatic rings. The largest absolute Gasteiger partial charge is 0.504 e. The summed E-state index contributed by atoms with van der Waals surface area (Å²) < 4.78 is 39.9. The Morgan fingerprint density at radius 2 is 1.72 bits per heavy atom. The fourth-order valence-electron chi connectivity index (χ4n) is 1.99. The molecule has 0 unspecified atom stereocenters. The first-order valence-corrected chi connectivity index (χ1v) is 8.53. The van der Waals surface area contributed by atoms with E-state index in [1.807, 2.05) is 0 Å². The van der Waals surface area contributed by atoms with Gasteiger partial charge in [0.1, 0.15) is 16.4 Å². The summed E-state index contributed by atoms with van der Waals surface area (Å²) >= 11 is 0. The second-order valence-corrected chi connectivity index (χ2v) is 6.43. The van der Waals surface area contributed by atoms with Gasteiger partial charge in [0.15, 0.2) is 11.5 Å². The monoisotopic (exact) mass is 366 g/mol. The molecule has 2 aromatic carbocycles. The Morgan fingerprint density at radius 3 is 2.36 bits per heavy atom. The first-order chi connectivity index (χ1) is 11.9. The Bertz CT molecular complexity index is 880. The average molecular weight is 366 g/mol. The molecule has 9 heteroatoms. The van der Waals surface area contributed by atoms with Crippen molar-refractivity contribution < 1.29 is 27.7 Å². The van der Waals surface area contributed by atoms with Gasteiger partial charge in [-0.15, -0.1) is 0 Å². The number of ether oxygens (including phenoxy) is 3. The molecule has 2 N–H and O–H groups in total. The molecule has 0 saturated carbocycles. The van der Waals surface area contributed by atoms with Gasteiger partial charge in [-0.3, -0.25) is 0 Å². The summed E-state index contributed by atoms with van der Waals surface area (Å²) in [6, 6.07) is 8.90. The highest BCUT2D eigenvalue weighted by molar-refractivity contribution is 7.89. The lowest BCUT2D eigenvalue weighted by Crippen LogP contribution is -2.19. The molecule has 25 heavy (non-hydrogen) atoms. The fourth-order valence-corrected chi connectivity index (χ4v) is 2.97. The number of hydrazone groups is 1. The molecule has 0 fully saturated rings. The summed E-state index contributed by atoms with van der Waals surface area (Å²) in [6.07, 6.45) is 1.28. The number of sulfonamides is 1. The SMILES string of the molecule is COc1ccc(OC)c(S(=O)(=O)N/N=C/c2ccc(O)c(OC)c2)c1. The van der Waals surface area contributed by atoms with Crippen LogP contribution in [0.25, 0.3) is 0 Å². The van der Waals surface area contributed by atoms with Crippen molar-refractivity contribution in [1.29, 1.82) is 0 Å². The van der Waals surface area contributed by atoms with E-state index in [4.69, 9.17) is 14.2 Å². The van der Waals surface area contributed by atoms with Crippen LogP contribution in [-0.4, -0.2) is 41.1 Å². The van der Waals surface area contributed by atoms with Gasteiger partial charge in [-0.05, 0) is 35.9 Å². The summed E-state index contributed by atoms with van der Waals surface area (Å²) in [6.45, 7) is 0. The molecule has 0 atom stereocenters. The molecule has 0 bridgehead atoms. The normalized spacial score (nSPS) is 11.3. The number of benzene rings is 2. The van der Waals surface area contributed by atoms with Crippen molar-refractivity contribution in [2.24, 2.45) is 5.10 Å². The summed E-state index contributed by atoms with van der Waals surface area (Å²) in [5.41, 5.74) is 0.537. The van der Waals surface area contributed by atoms with Crippen LogP contribution in [0.2, 0.25) is 0 Å². The van der Waals surface area contributed by atoms with Crippen LogP contribution in [0.3, 0.4) is 0 Å². The molecular formula is C16H18N2O6S. The van der Waals surface area contributed by atoms with Gasteiger partial charge >= 0.3 is 0 Å². The van der Waals surface area contributed by atoms with E-state index in [0.717, 1.165) is 0 Å². The van der Waals surface area contributed by atoms with Crippen molar-refractivity contribution in [3.63, 3.8) is 0 Å². The van der Waals surface area contributed by atoms with Crippen molar-refractivity contribution in [3.05, 3.63) is 42.0 Å². The Hall–Kier alpha value is -2.94. The minimum atomic E-state index is -3.96. The van der Waals surface area contributed by atoms with Crippen LogP contribution in [0.1, 0.15) is 5.56 Å². The maximum atomic E-state index is 12.4. The molecule has 8 nitrogen and oxygen atoms in total. The van der Waals surface area contributed by atoms with Crippen molar-refractivity contribution >= 4 is 16.2 Å². The van der Waals surface area contributed by atoms with E-state index < -0.39 is 10.0 Å². The number of phenols is 1. The van der Waals surface area contributed by atoms with Crippen LogP contribution in [-0.2, 0) is 10.0 Å². The molecule has 0 spiro atoms. The van der Waals surface area contributed by atoms with E-state index in [2.05, 4.69) is 9.93 Å². The number of phenolic OH excluding ortho intramolecular Hbond substituents is 1. The van der Waals surface area contributed by atoms with Gasteiger partial charge in [-0.25, -0.2) is 0 Å². The van der Waals surface area contributed by atoms with E-state index in [-0.39, 0.29) is 22.1 Å². The molecule has 0 aliphatic carbocycles. The Balaban J connectivity index is 2.24. The minimum Gasteiger partial charge on any atom is -0.504 e. The lowest BCUT2D eigenvalue weighted by Gasteiger charge is -2.10. The highest BCUT2D eigenvalue weighted by Crippen LogP contribution is 2.28. The standard InChI is InChI=1S/C16H18N2O6S/c1-22-12-5-7-14(23-2)16(9-12)25(20,21)18-17-10-11-4-6-13(19)15(8-11)24-3/h4-10,18-19H,1-3H3/b17-10+. The van der Waals surface area contributed by atoms with Crippen molar-refractivity contribution in [3.8, 4) is 23.0 Å². The van der Waals surface area contributed by atoms with E-state index in [0.29, 0.717) is 11.3 Å². The third kappa shape index (κ3) is 4.32. The smallest absolute Gasteiger partial charge is 0.280 e. The van der Waals surface area contributed by atoms with Crippen LogP contribution in [0.5, 0.6) is 23.0 Å². The highest BCUT2D eigenvalue weighted by atomic mass is 32.2. The van der Waals surface area contributed by atoms with Gasteiger partial charge in [0.2, 0.25) is 0 Å². The van der Waals surface area contributed by atoms with Gasteiger partial charge in [0.25, 0.3) is 10.0 Å². The van der Waals surface area contributed by atoms with Crippen LogP contribution >= 0.6 is 0 Å². The molecule has 0 amide bonds. The molecular weight excluding hydrogens is 348 g/mol. The zero-order chi connectivity index (χ0) is 18.4. The quantitative estimate of drug-likeness (QED) is 0.571. The van der Waals surface area contributed by atoms with Crippen molar-refractivity contribution in [2.75, 3.05) is 21.3 Å². The first kappa shape index (κ1) is 18.4. The zero-order valence-electron chi connectivity index (χ0n) is 13.9. The van der Waals surface area contributed by atoms with E-state index in [1.54, 1.807) is 12.1 Å². The number of rotatable bonds is 7. The Kier molecular flexibility index (Phi) is 5.71. The fraction of sp³-hybridized carbons (Fsp3) is 0.188. The topological polar surface area (TPSA) is 106 Å². The minimum absolute atomic E-state index is 0.0265. The third-order valence-corrected chi connectivity index (χ3v) is 4.49. The van der Waals surface area contributed by atoms with Crippen molar-refractivity contribution in [2.45, 2.75) is 4.90 Å². The van der Waals surface area contributed by atoms with Gasteiger partial charge in [-0.1, -0.05) is 0 Å². The Labute approximate surface area is 145 Å². The number of nitrogens with zero attached hydrogens (tertiary/aromatic N) is 1. The van der Waals surface area contributed by atoms with Crippen LogP contribution in [0, 0.1) is 0 Å². The summed E-state index contributed by atoms with van der Waals surface area (Å²) in [5.74, 6) is 0.755. The molecule has 0 radical (unpaired) electrons. The molecule has 2 rings (SSSR count). The van der Waals surface area contributed by atoms with Crippen LogP contribution in [0.15, 0.2) is 46.4 Å². The highest BCUT2D eigenvalue weighted by Gasteiger charge is 2.20. The van der Waals surface area contributed by atoms with E-state index >= 15 is 0 Å². The predicted octanol–water partition coefficient (Wildman–Crippen LogP) is 1.73. The zero-order valence-corrected chi connectivity index (χ0v) is 14.7. The summed E-state index contributed by atoms with van der Waals surface area (Å²) in [7, 11) is 0.248. The molecule has 0 aliphatic heterocycles. The lowest BCUT2D eigenvalue weighted by molar-refractivity contribution is 0.373. The number of aromatic hydroxyl groups is 1. The molecule has 0 saturated heterocycles. The maximum Gasteiger partial charge on any atom is 0.280 e. The van der Waals surface area contributed by atoms with Gasteiger partial charge < -0.3 is 19.3 Å². The van der Waals surface area contributed by atoms with E-state index in [1.165, 1.54) is 51.8 Å². The first-order valence-electron chi connectivity index (χ1n) is 7.05.